The number of alkyl halides is 1. The zero-order valence-electron chi connectivity index (χ0n) is 16.8. The molecule has 0 radical (unpaired) electrons. The molecule has 162 valence electrons. The van der Waals surface area contributed by atoms with Gasteiger partial charge in [0.05, 0.1) is 10.7 Å². The molecule has 0 saturated heterocycles. The van der Waals surface area contributed by atoms with Crippen LogP contribution in [0.2, 0.25) is 10.0 Å². The van der Waals surface area contributed by atoms with Gasteiger partial charge in [0.25, 0.3) is 11.8 Å². The van der Waals surface area contributed by atoms with E-state index in [9.17, 15) is 9.18 Å². The summed E-state index contributed by atoms with van der Waals surface area (Å²) in [5.74, 6) is -1.36. The largest absolute Gasteiger partial charge is 0.434 e. The Morgan fingerprint density at radius 3 is 2.61 bits per heavy atom. The first-order chi connectivity index (χ1) is 14.8. The van der Waals surface area contributed by atoms with Crippen molar-refractivity contribution in [3.8, 4) is 11.6 Å². The van der Waals surface area contributed by atoms with Crippen LogP contribution in [-0.2, 0) is 6.42 Å². The summed E-state index contributed by atoms with van der Waals surface area (Å²) in [5, 5.41) is 11.2. The van der Waals surface area contributed by atoms with Crippen molar-refractivity contribution in [2.24, 2.45) is 0 Å². The van der Waals surface area contributed by atoms with Crippen LogP contribution in [0.5, 0.6) is 11.6 Å². The van der Waals surface area contributed by atoms with E-state index in [-0.39, 0.29) is 34.1 Å². The van der Waals surface area contributed by atoms with Gasteiger partial charge in [-0.15, -0.1) is 16.7 Å². The second kappa shape index (κ2) is 10.3. The minimum atomic E-state index is -0.757. The lowest BCUT2D eigenvalue weighted by Gasteiger charge is -2.18. The Balaban J connectivity index is 1.82. The molecule has 2 aromatic carbocycles. The number of halogens is 4. The second-order valence-corrected chi connectivity index (χ2v) is 8.09. The first-order valence-corrected chi connectivity index (χ1v) is 10.7. The van der Waals surface area contributed by atoms with Gasteiger partial charge < -0.3 is 10.1 Å². The van der Waals surface area contributed by atoms with E-state index in [1.54, 1.807) is 6.92 Å². The minimum Gasteiger partial charge on any atom is -0.434 e. The van der Waals surface area contributed by atoms with Crippen molar-refractivity contribution in [1.82, 2.24) is 15.5 Å². The number of rotatable bonds is 7. The van der Waals surface area contributed by atoms with Gasteiger partial charge in [0.15, 0.2) is 11.6 Å². The Bertz CT molecular complexity index is 1110. The fourth-order valence-electron chi connectivity index (χ4n) is 2.84. The van der Waals surface area contributed by atoms with Gasteiger partial charge in [-0.3, -0.25) is 4.79 Å². The van der Waals surface area contributed by atoms with Gasteiger partial charge in [0.1, 0.15) is 5.56 Å². The molecule has 0 unspecified atom stereocenters. The molecule has 0 fully saturated rings. The van der Waals surface area contributed by atoms with E-state index in [1.807, 2.05) is 25.1 Å². The third-order valence-electron chi connectivity index (χ3n) is 4.49. The number of nitrogens with one attached hydrogen (secondary N) is 1. The highest BCUT2D eigenvalue weighted by Gasteiger charge is 2.21. The molecule has 1 heterocycles. The number of benzene rings is 2. The number of carbonyl (C=O) groups excluding carboxylic acids is 1. The first kappa shape index (κ1) is 23.3. The molecule has 0 aliphatic heterocycles. The number of amides is 1. The number of hydrogen-bond donors (Lipinski definition) is 1. The van der Waals surface area contributed by atoms with E-state index in [2.05, 4.69) is 15.5 Å². The summed E-state index contributed by atoms with van der Waals surface area (Å²) in [6.45, 7) is 3.59. The molecule has 1 N–H and O–H groups in total. The Morgan fingerprint density at radius 1 is 1.13 bits per heavy atom. The number of nitrogens with zero attached hydrogens (tertiary/aromatic N) is 2. The second-order valence-electron chi connectivity index (χ2n) is 6.97. The summed E-state index contributed by atoms with van der Waals surface area (Å²) in [5.41, 5.74) is 2.49. The van der Waals surface area contributed by atoms with Crippen LogP contribution in [0.3, 0.4) is 0 Å². The molecule has 0 bridgehead atoms. The molecule has 3 rings (SSSR count). The van der Waals surface area contributed by atoms with Crippen LogP contribution in [0.25, 0.3) is 0 Å². The van der Waals surface area contributed by atoms with Gasteiger partial charge in [-0.25, -0.2) is 4.39 Å². The fourth-order valence-corrected chi connectivity index (χ4v) is 3.39. The molecular formula is C22H19Cl3FN3O2. The Morgan fingerprint density at radius 2 is 1.90 bits per heavy atom. The average molecular weight is 483 g/mol. The Kier molecular flexibility index (Phi) is 7.70. The van der Waals surface area contributed by atoms with Crippen molar-refractivity contribution in [2.75, 3.05) is 5.88 Å². The highest BCUT2D eigenvalue weighted by atomic mass is 35.5. The van der Waals surface area contributed by atoms with Gasteiger partial charge in [-0.1, -0.05) is 41.4 Å². The van der Waals surface area contributed by atoms with Crippen LogP contribution in [0.1, 0.15) is 27.2 Å². The number of carbonyl (C=O) groups is 1. The first-order valence-electron chi connectivity index (χ1n) is 9.36. The van der Waals surface area contributed by atoms with E-state index >= 15 is 0 Å². The molecular weight excluding hydrogens is 464 g/mol. The van der Waals surface area contributed by atoms with Crippen LogP contribution in [0.4, 0.5) is 4.39 Å². The molecule has 3 aromatic rings. The van der Waals surface area contributed by atoms with Crippen molar-refractivity contribution in [2.45, 2.75) is 26.3 Å². The van der Waals surface area contributed by atoms with Crippen molar-refractivity contribution < 1.29 is 13.9 Å². The van der Waals surface area contributed by atoms with Gasteiger partial charge in [0, 0.05) is 16.9 Å². The maximum absolute atomic E-state index is 14.2. The van der Waals surface area contributed by atoms with E-state index < -0.39 is 11.7 Å². The smallest absolute Gasteiger partial charge is 0.257 e. The molecule has 0 saturated carbocycles. The molecule has 0 aliphatic rings. The van der Waals surface area contributed by atoms with Crippen molar-refractivity contribution in [3.63, 3.8) is 0 Å². The zero-order chi connectivity index (χ0) is 22.5. The van der Waals surface area contributed by atoms with Gasteiger partial charge in [-0.2, -0.15) is 5.10 Å². The maximum Gasteiger partial charge on any atom is 0.257 e. The molecule has 5 nitrogen and oxygen atoms in total. The zero-order valence-corrected chi connectivity index (χ0v) is 19.0. The van der Waals surface area contributed by atoms with Crippen LogP contribution >= 0.6 is 34.8 Å². The molecule has 0 aliphatic carbocycles. The van der Waals surface area contributed by atoms with Gasteiger partial charge in [0.2, 0.25) is 0 Å². The van der Waals surface area contributed by atoms with Crippen LogP contribution in [-0.4, -0.2) is 28.0 Å². The maximum atomic E-state index is 14.2. The lowest BCUT2D eigenvalue weighted by Crippen LogP contribution is -2.38. The highest BCUT2D eigenvalue weighted by molar-refractivity contribution is 6.31. The fraction of sp³-hybridized carbons (Fsp3) is 0.227. The van der Waals surface area contributed by atoms with E-state index in [0.29, 0.717) is 17.1 Å². The predicted molar refractivity (Wildman–Crippen MR) is 120 cm³/mol. The molecule has 1 atom stereocenters. The van der Waals surface area contributed by atoms with Gasteiger partial charge >= 0.3 is 0 Å². The Labute approximate surface area is 194 Å². The van der Waals surface area contributed by atoms with E-state index in [4.69, 9.17) is 39.5 Å². The van der Waals surface area contributed by atoms with Gasteiger partial charge in [-0.05, 0) is 55.7 Å². The van der Waals surface area contributed by atoms with Crippen molar-refractivity contribution in [3.05, 3.63) is 80.7 Å². The normalized spacial score (nSPS) is 11.8. The number of aryl methyl sites for hydroxylation is 2. The SMILES string of the molecule is Cc1cc(C(=O)N[C@@H](CCl)Cc2ccc(C)c(Cl)c2)c(Oc2cccc(Cl)c2F)nn1. The number of hydrogen-bond acceptors (Lipinski definition) is 4. The van der Waals surface area contributed by atoms with E-state index in [1.165, 1.54) is 24.3 Å². The summed E-state index contributed by atoms with van der Waals surface area (Å²) >= 11 is 18.1. The predicted octanol–water partition coefficient (Wildman–Crippen LogP) is 5.91. The lowest BCUT2D eigenvalue weighted by atomic mass is 10.0. The van der Waals surface area contributed by atoms with Crippen molar-refractivity contribution in [1.29, 1.82) is 0 Å². The third kappa shape index (κ3) is 5.85. The molecule has 1 aromatic heterocycles. The summed E-state index contributed by atoms with van der Waals surface area (Å²) < 4.78 is 19.7. The molecule has 0 spiro atoms. The summed E-state index contributed by atoms with van der Waals surface area (Å²) in [6, 6.07) is 11.1. The summed E-state index contributed by atoms with van der Waals surface area (Å²) in [4.78, 5) is 13.0. The summed E-state index contributed by atoms with van der Waals surface area (Å²) in [7, 11) is 0. The van der Waals surface area contributed by atoms with Crippen LogP contribution < -0.4 is 10.1 Å². The topological polar surface area (TPSA) is 64.1 Å². The molecule has 31 heavy (non-hydrogen) atoms. The lowest BCUT2D eigenvalue weighted by molar-refractivity contribution is 0.0937. The van der Waals surface area contributed by atoms with Crippen LogP contribution in [0, 0.1) is 19.7 Å². The number of aromatic nitrogens is 2. The third-order valence-corrected chi connectivity index (χ3v) is 5.56. The van der Waals surface area contributed by atoms with Crippen LogP contribution in [0.15, 0.2) is 42.5 Å². The summed E-state index contributed by atoms with van der Waals surface area (Å²) in [6.07, 6.45) is 0.478. The number of ether oxygens (including phenoxy) is 1. The Hall–Kier alpha value is -2.41. The molecule has 1 amide bonds. The standard InChI is InChI=1S/C22H19Cl3FN3O2/c1-12-6-7-14(10-18(12)25)9-15(11-23)27-21(30)16-8-13(2)28-29-22(16)31-19-5-3-4-17(24)20(19)26/h3-8,10,15H,9,11H2,1-2H3,(H,27,30)/t15-/m1/s1. The average Bonchev–Trinajstić information content (AvgIpc) is 2.74. The minimum absolute atomic E-state index is 0.101. The highest BCUT2D eigenvalue weighted by Crippen LogP contribution is 2.29. The molecule has 9 heteroatoms. The monoisotopic (exact) mass is 481 g/mol. The van der Waals surface area contributed by atoms with E-state index in [0.717, 1.165) is 11.1 Å². The quantitative estimate of drug-likeness (QED) is 0.425. The van der Waals surface area contributed by atoms with Crippen molar-refractivity contribution >= 4 is 40.7 Å².